The van der Waals surface area contributed by atoms with Crippen molar-refractivity contribution in [3.05, 3.63) is 22.2 Å². The minimum Gasteiger partial charge on any atom is -0.477 e. The molecule has 1 aromatic rings. The Morgan fingerprint density at radius 1 is 1.60 bits per heavy atom. The number of aryl methyl sites for hydroxylation is 1. The Hall–Kier alpha value is -1.44. The largest absolute Gasteiger partial charge is 0.477 e. The molecule has 1 aromatic heterocycles. The van der Waals surface area contributed by atoms with Crippen LogP contribution in [-0.4, -0.2) is 45.2 Å². The summed E-state index contributed by atoms with van der Waals surface area (Å²) in [5.41, 5.74) is 0.237. The van der Waals surface area contributed by atoms with Gasteiger partial charge in [0, 0.05) is 18.2 Å². The van der Waals surface area contributed by atoms with E-state index in [1.165, 1.54) is 4.57 Å². The zero-order valence-electron chi connectivity index (χ0n) is 11.7. The summed E-state index contributed by atoms with van der Waals surface area (Å²) in [5, 5.41) is 18.8. The number of nitrogens with zero attached hydrogens (tertiary/aromatic N) is 2. The van der Waals surface area contributed by atoms with Crippen LogP contribution in [-0.2, 0) is 4.74 Å². The van der Waals surface area contributed by atoms with Crippen LogP contribution in [0.15, 0.2) is 11.0 Å². The molecule has 0 bridgehead atoms. The van der Waals surface area contributed by atoms with Crippen LogP contribution in [0.25, 0.3) is 0 Å². The molecule has 0 spiro atoms. The van der Waals surface area contributed by atoms with E-state index in [1.807, 2.05) is 6.92 Å². The first-order chi connectivity index (χ1) is 9.56. The summed E-state index contributed by atoms with van der Waals surface area (Å²) >= 11 is 0. The second kappa shape index (κ2) is 6.34. The fraction of sp³-hybridized carbons (Fsp3) is 0.692. The molecule has 2 rings (SSSR count). The maximum Gasteiger partial charge on any atom is 0.352 e. The molecule has 1 aliphatic heterocycles. The first kappa shape index (κ1) is 15.0. The van der Waals surface area contributed by atoms with Gasteiger partial charge in [-0.15, -0.1) is 0 Å². The monoisotopic (exact) mass is 284 g/mol. The van der Waals surface area contributed by atoms with Crippen molar-refractivity contribution in [2.75, 3.05) is 13.2 Å². The predicted molar refractivity (Wildman–Crippen MR) is 70.6 cm³/mol. The van der Waals surface area contributed by atoms with E-state index in [2.05, 4.69) is 4.98 Å². The fourth-order valence-electron chi connectivity index (χ4n) is 2.15. The number of aromatic nitrogens is 2. The first-order valence-electron chi connectivity index (χ1n) is 6.73. The summed E-state index contributed by atoms with van der Waals surface area (Å²) in [6.07, 6.45) is 0.636. The summed E-state index contributed by atoms with van der Waals surface area (Å²) in [4.78, 5) is 15.9. The highest BCUT2D eigenvalue weighted by Gasteiger charge is 2.35. The molecule has 20 heavy (non-hydrogen) atoms. The van der Waals surface area contributed by atoms with E-state index in [9.17, 15) is 9.90 Å². The summed E-state index contributed by atoms with van der Waals surface area (Å²) in [6.45, 7) is 3.99. The van der Waals surface area contributed by atoms with Crippen LogP contribution in [0.2, 0.25) is 0 Å². The zero-order chi connectivity index (χ0) is 14.7. The molecule has 0 saturated carbocycles. The van der Waals surface area contributed by atoms with E-state index < -0.39 is 24.1 Å². The van der Waals surface area contributed by atoms with E-state index in [0.29, 0.717) is 12.5 Å². The van der Waals surface area contributed by atoms with Gasteiger partial charge in [-0.3, -0.25) is 4.57 Å². The lowest BCUT2D eigenvalue weighted by Crippen LogP contribution is -2.28. The molecule has 0 radical (unpaired) electrons. The molecule has 1 saturated heterocycles. The van der Waals surface area contributed by atoms with Gasteiger partial charge in [0.1, 0.15) is 12.3 Å². The molecule has 0 unspecified atom stereocenters. The van der Waals surface area contributed by atoms with Crippen LogP contribution in [0.1, 0.15) is 31.6 Å². The Morgan fingerprint density at radius 3 is 2.95 bits per heavy atom. The molecule has 7 heteroatoms. The maximum atomic E-state index is 12.0. The van der Waals surface area contributed by atoms with Crippen LogP contribution >= 0.6 is 0 Å². The quantitative estimate of drug-likeness (QED) is 0.789. The van der Waals surface area contributed by atoms with Gasteiger partial charge in [0.05, 0.1) is 19.3 Å². The molecular formula is C13H20N2O5. The molecule has 1 fully saturated rings. The van der Waals surface area contributed by atoms with Crippen LogP contribution in [0, 0.1) is 6.92 Å². The summed E-state index contributed by atoms with van der Waals surface area (Å²) < 4.78 is 12.2. The highest BCUT2D eigenvalue weighted by Crippen LogP contribution is 2.28. The molecule has 0 aliphatic carbocycles. The fourth-order valence-corrected chi connectivity index (χ4v) is 2.15. The van der Waals surface area contributed by atoms with Gasteiger partial charge >= 0.3 is 5.69 Å². The third-order valence-electron chi connectivity index (χ3n) is 3.23. The summed E-state index contributed by atoms with van der Waals surface area (Å²) in [7, 11) is 0. The lowest BCUT2D eigenvalue weighted by molar-refractivity contribution is -0.0460. The van der Waals surface area contributed by atoms with Crippen molar-refractivity contribution in [3.8, 4) is 5.88 Å². The van der Waals surface area contributed by atoms with Crippen LogP contribution in [0.5, 0.6) is 5.88 Å². The summed E-state index contributed by atoms with van der Waals surface area (Å²) in [5.74, 6) is 0.324. The molecule has 0 amide bonds. The lowest BCUT2D eigenvalue weighted by Gasteiger charge is -2.16. The second-order valence-electron chi connectivity index (χ2n) is 4.88. The number of hydrogen-bond donors (Lipinski definition) is 2. The molecule has 0 aromatic carbocycles. The van der Waals surface area contributed by atoms with Gasteiger partial charge in [-0.05, 0) is 13.3 Å². The van der Waals surface area contributed by atoms with Gasteiger partial charge in [-0.2, -0.15) is 4.98 Å². The molecular weight excluding hydrogens is 264 g/mol. The normalized spacial score (nSPS) is 25.9. The predicted octanol–water partition coefficient (Wildman–Crippen LogP) is -0.0188. The SMILES string of the molecule is CCCOc1nc(=O)n([C@H]2C[C@H](O)[C@@H](CO)O2)cc1C. The van der Waals surface area contributed by atoms with Crippen molar-refractivity contribution in [2.45, 2.75) is 45.1 Å². The molecule has 112 valence electrons. The molecule has 2 N–H and O–H groups in total. The molecule has 3 atom stereocenters. The Labute approximate surface area is 116 Å². The Bertz CT molecular complexity index is 516. The maximum absolute atomic E-state index is 12.0. The van der Waals surface area contributed by atoms with Crippen molar-refractivity contribution in [3.63, 3.8) is 0 Å². The van der Waals surface area contributed by atoms with Gasteiger partial charge in [-0.25, -0.2) is 4.79 Å². The number of ether oxygens (including phenoxy) is 2. The highest BCUT2D eigenvalue weighted by atomic mass is 16.5. The standard InChI is InChI=1S/C13H20N2O5/c1-3-4-19-12-8(2)6-15(13(18)14-12)11-5-9(17)10(7-16)20-11/h6,9-11,16-17H,3-5,7H2,1-2H3/t9-,10+,11+/m0/s1. The Balaban J connectivity index is 2.21. The smallest absolute Gasteiger partial charge is 0.352 e. The third-order valence-corrected chi connectivity index (χ3v) is 3.23. The molecule has 2 heterocycles. The van der Waals surface area contributed by atoms with Crippen molar-refractivity contribution in [1.82, 2.24) is 9.55 Å². The molecule has 7 nitrogen and oxygen atoms in total. The number of aliphatic hydroxyl groups is 2. The van der Waals surface area contributed by atoms with Crippen molar-refractivity contribution in [1.29, 1.82) is 0 Å². The van der Waals surface area contributed by atoms with E-state index in [0.717, 1.165) is 12.0 Å². The van der Waals surface area contributed by atoms with Gasteiger partial charge in [0.25, 0.3) is 0 Å². The highest BCUT2D eigenvalue weighted by molar-refractivity contribution is 5.20. The van der Waals surface area contributed by atoms with Crippen LogP contribution in [0.3, 0.4) is 0 Å². The average Bonchev–Trinajstić information content (AvgIpc) is 2.80. The van der Waals surface area contributed by atoms with E-state index >= 15 is 0 Å². The Morgan fingerprint density at radius 2 is 2.35 bits per heavy atom. The van der Waals surface area contributed by atoms with Gasteiger partial charge < -0.3 is 19.7 Å². The lowest BCUT2D eigenvalue weighted by atomic mass is 10.2. The van der Waals surface area contributed by atoms with Crippen molar-refractivity contribution in [2.24, 2.45) is 0 Å². The van der Waals surface area contributed by atoms with Crippen molar-refractivity contribution >= 4 is 0 Å². The van der Waals surface area contributed by atoms with E-state index in [1.54, 1.807) is 13.1 Å². The van der Waals surface area contributed by atoms with Gasteiger partial charge in [0.15, 0.2) is 0 Å². The minimum absolute atomic E-state index is 0.251. The van der Waals surface area contributed by atoms with Gasteiger partial charge in [0.2, 0.25) is 5.88 Å². The second-order valence-corrected chi connectivity index (χ2v) is 4.88. The van der Waals surface area contributed by atoms with Gasteiger partial charge in [-0.1, -0.05) is 6.92 Å². The van der Waals surface area contributed by atoms with E-state index in [-0.39, 0.29) is 13.0 Å². The topological polar surface area (TPSA) is 93.8 Å². The first-order valence-corrected chi connectivity index (χ1v) is 6.73. The minimum atomic E-state index is -0.784. The van der Waals surface area contributed by atoms with Crippen LogP contribution < -0.4 is 10.4 Å². The average molecular weight is 284 g/mol. The van der Waals surface area contributed by atoms with Crippen molar-refractivity contribution < 1.29 is 19.7 Å². The number of hydrogen-bond acceptors (Lipinski definition) is 6. The zero-order valence-corrected chi connectivity index (χ0v) is 11.7. The summed E-state index contributed by atoms with van der Waals surface area (Å²) in [6, 6.07) is 0. The number of aliphatic hydroxyl groups excluding tert-OH is 2. The Kier molecular flexibility index (Phi) is 4.74. The van der Waals surface area contributed by atoms with E-state index in [4.69, 9.17) is 14.6 Å². The third kappa shape index (κ3) is 3.00. The number of rotatable bonds is 5. The molecule has 1 aliphatic rings. The van der Waals surface area contributed by atoms with Crippen LogP contribution in [0.4, 0.5) is 0 Å².